The second-order valence-electron chi connectivity index (χ2n) is 8.65. The van der Waals surface area contributed by atoms with Gasteiger partial charge in [-0.15, -0.1) is 0 Å². The van der Waals surface area contributed by atoms with Gasteiger partial charge in [-0.2, -0.15) is 5.10 Å². The summed E-state index contributed by atoms with van der Waals surface area (Å²) in [5.41, 5.74) is 0.800. The van der Waals surface area contributed by atoms with Gasteiger partial charge >= 0.3 is 0 Å². The SMILES string of the molecule is COc1ccc(-c2n[nH]c(=S)n2CCC(=O)NC(C)(C)CC(C)(C)C)cc1. The van der Waals surface area contributed by atoms with Gasteiger partial charge in [0.1, 0.15) is 5.75 Å². The molecule has 6 nitrogen and oxygen atoms in total. The van der Waals surface area contributed by atoms with Gasteiger partial charge in [0.15, 0.2) is 10.6 Å². The molecule has 2 rings (SSSR count). The average Bonchev–Trinajstić information content (AvgIpc) is 2.91. The van der Waals surface area contributed by atoms with Crippen LogP contribution >= 0.6 is 12.2 Å². The second kappa shape index (κ2) is 8.25. The molecule has 27 heavy (non-hydrogen) atoms. The van der Waals surface area contributed by atoms with Crippen molar-refractivity contribution in [2.45, 2.75) is 59.5 Å². The highest BCUT2D eigenvalue weighted by Crippen LogP contribution is 2.27. The molecular weight excluding hydrogens is 360 g/mol. The number of nitrogens with one attached hydrogen (secondary N) is 2. The van der Waals surface area contributed by atoms with Gasteiger partial charge in [-0.05, 0) is 62.2 Å². The lowest BCUT2D eigenvalue weighted by Crippen LogP contribution is -2.46. The van der Waals surface area contributed by atoms with E-state index in [4.69, 9.17) is 17.0 Å². The van der Waals surface area contributed by atoms with Crippen LogP contribution in [0.2, 0.25) is 0 Å². The fourth-order valence-electron chi connectivity index (χ4n) is 3.51. The van der Waals surface area contributed by atoms with Gasteiger partial charge in [0.05, 0.1) is 7.11 Å². The largest absolute Gasteiger partial charge is 0.497 e. The van der Waals surface area contributed by atoms with Crippen molar-refractivity contribution >= 4 is 18.1 Å². The van der Waals surface area contributed by atoms with Crippen molar-refractivity contribution in [3.05, 3.63) is 29.0 Å². The number of methoxy groups -OCH3 is 1. The van der Waals surface area contributed by atoms with Crippen LogP contribution in [0.25, 0.3) is 11.4 Å². The molecule has 148 valence electrons. The zero-order valence-electron chi connectivity index (χ0n) is 17.0. The van der Waals surface area contributed by atoms with Crippen LogP contribution in [0.3, 0.4) is 0 Å². The Balaban J connectivity index is 2.07. The second-order valence-corrected chi connectivity index (χ2v) is 9.04. The van der Waals surface area contributed by atoms with Crippen LogP contribution in [-0.2, 0) is 11.3 Å². The summed E-state index contributed by atoms with van der Waals surface area (Å²) in [7, 11) is 1.63. The Hall–Kier alpha value is -2.15. The van der Waals surface area contributed by atoms with Gasteiger partial charge in [-0.25, -0.2) is 0 Å². The van der Waals surface area contributed by atoms with Gasteiger partial charge in [-0.3, -0.25) is 14.5 Å². The summed E-state index contributed by atoms with van der Waals surface area (Å²) in [6.45, 7) is 11.1. The van der Waals surface area contributed by atoms with Gasteiger partial charge in [0.25, 0.3) is 0 Å². The topological polar surface area (TPSA) is 71.9 Å². The molecule has 2 aromatic rings. The van der Waals surface area contributed by atoms with E-state index in [0.717, 1.165) is 17.7 Å². The lowest BCUT2D eigenvalue weighted by molar-refractivity contribution is -0.123. The number of benzene rings is 1. The third kappa shape index (κ3) is 6.20. The van der Waals surface area contributed by atoms with E-state index < -0.39 is 0 Å². The molecule has 7 heteroatoms. The van der Waals surface area contributed by atoms with E-state index in [1.165, 1.54) is 0 Å². The lowest BCUT2D eigenvalue weighted by Gasteiger charge is -2.33. The van der Waals surface area contributed by atoms with Crippen LogP contribution in [0.1, 0.15) is 47.5 Å². The molecule has 2 N–H and O–H groups in total. The molecule has 0 atom stereocenters. The molecule has 0 saturated carbocycles. The number of ether oxygens (including phenoxy) is 1. The molecule has 0 fully saturated rings. The predicted molar refractivity (Wildman–Crippen MR) is 110 cm³/mol. The van der Waals surface area contributed by atoms with Crippen LogP contribution in [0.5, 0.6) is 5.75 Å². The maximum absolute atomic E-state index is 12.5. The van der Waals surface area contributed by atoms with Gasteiger partial charge in [0.2, 0.25) is 5.91 Å². The third-order valence-electron chi connectivity index (χ3n) is 4.12. The van der Waals surface area contributed by atoms with Gasteiger partial charge < -0.3 is 10.1 Å². The zero-order valence-corrected chi connectivity index (χ0v) is 17.9. The van der Waals surface area contributed by atoms with Gasteiger partial charge in [0, 0.05) is 24.1 Å². The first-order valence-electron chi connectivity index (χ1n) is 9.11. The number of carbonyl (C=O) groups is 1. The molecule has 0 aliphatic rings. The summed E-state index contributed by atoms with van der Waals surface area (Å²) in [5, 5.41) is 10.3. The highest BCUT2D eigenvalue weighted by atomic mass is 32.1. The van der Waals surface area contributed by atoms with Crippen molar-refractivity contribution in [1.29, 1.82) is 0 Å². The summed E-state index contributed by atoms with van der Waals surface area (Å²) >= 11 is 5.34. The van der Waals surface area contributed by atoms with Crippen molar-refractivity contribution < 1.29 is 9.53 Å². The maximum Gasteiger partial charge on any atom is 0.222 e. The van der Waals surface area contributed by atoms with Crippen molar-refractivity contribution in [3.63, 3.8) is 0 Å². The summed E-state index contributed by atoms with van der Waals surface area (Å²) in [6.07, 6.45) is 1.23. The number of aromatic amines is 1. The van der Waals surface area contributed by atoms with E-state index in [1.807, 2.05) is 28.8 Å². The van der Waals surface area contributed by atoms with E-state index in [0.29, 0.717) is 23.6 Å². The minimum absolute atomic E-state index is 0.00744. The number of aromatic nitrogens is 3. The highest BCUT2D eigenvalue weighted by molar-refractivity contribution is 7.71. The Morgan fingerprint density at radius 3 is 2.41 bits per heavy atom. The molecule has 0 unspecified atom stereocenters. The third-order valence-corrected chi connectivity index (χ3v) is 4.43. The van der Waals surface area contributed by atoms with E-state index in [9.17, 15) is 4.79 Å². The molecule has 0 aliphatic heterocycles. The Labute approximate surface area is 166 Å². The van der Waals surface area contributed by atoms with Crippen LogP contribution < -0.4 is 10.1 Å². The minimum atomic E-state index is -0.258. The van der Waals surface area contributed by atoms with E-state index in [2.05, 4.69) is 50.1 Å². The number of hydrogen-bond donors (Lipinski definition) is 2. The Morgan fingerprint density at radius 1 is 1.22 bits per heavy atom. The van der Waals surface area contributed by atoms with E-state index in [-0.39, 0.29) is 16.9 Å². The quantitative estimate of drug-likeness (QED) is 0.690. The molecule has 0 spiro atoms. The highest BCUT2D eigenvalue weighted by Gasteiger charge is 2.26. The lowest BCUT2D eigenvalue weighted by atomic mass is 9.82. The van der Waals surface area contributed by atoms with Crippen LogP contribution in [-0.4, -0.2) is 33.3 Å². The van der Waals surface area contributed by atoms with Crippen LogP contribution in [0.4, 0.5) is 0 Å². The van der Waals surface area contributed by atoms with Crippen LogP contribution in [0.15, 0.2) is 24.3 Å². The Kier molecular flexibility index (Phi) is 6.46. The molecule has 1 aromatic heterocycles. The number of rotatable bonds is 7. The Morgan fingerprint density at radius 2 is 1.85 bits per heavy atom. The van der Waals surface area contributed by atoms with E-state index >= 15 is 0 Å². The fourth-order valence-corrected chi connectivity index (χ4v) is 3.73. The first-order valence-corrected chi connectivity index (χ1v) is 9.52. The molecule has 0 radical (unpaired) electrons. The molecular formula is C20H30N4O2S. The molecule has 0 aliphatic carbocycles. The zero-order chi connectivity index (χ0) is 20.2. The number of H-pyrrole nitrogens is 1. The maximum atomic E-state index is 12.5. The predicted octanol–water partition coefficient (Wildman–Crippen LogP) is 4.34. The normalized spacial score (nSPS) is 12.1. The van der Waals surface area contributed by atoms with Crippen molar-refractivity contribution in [1.82, 2.24) is 20.1 Å². The first-order chi connectivity index (χ1) is 12.5. The molecule has 1 aromatic carbocycles. The Bertz CT molecular complexity index is 829. The summed E-state index contributed by atoms with van der Waals surface area (Å²) in [5.74, 6) is 1.50. The molecule has 1 heterocycles. The molecule has 1 amide bonds. The number of carbonyl (C=O) groups excluding carboxylic acids is 1. The molecule has 0 saturated heterocycles. The monoisotopic (exact) mass is 390 g/mol. The summed E-state index contributed by atoms with van der Waals surface area (Å²) in [6, 6.07) is 7.60. The first kappa shape index (κ1) is 21.2. The standard InChI is InChI=1S/C20H30N4O2S/c1-19(2,3)13-20(4,5)21-16(25)11-12-24-17(22-23-18(24)27)14-7-9-15(26-6)10-8-14/h7-10H,11-13H2,1-6H3,(H,21,25)(H,23,27). The summed E-state index contributed by atoms with van der Waals surface area (Å²) < 4.78 is 7.55. The average molecular weight is 391 g/mol. The number of amides is 1. The summed E-state index contributed by atoms with van der Waals surface area (Å²) in [4.78, 5) is 12.5. The molecule has 0 bridgehead atoms. The van der Waals surface area contributed by atoms with Gasteiger partial charge in [-0.1, -0.05) is 20.8 Å². The van der Waals surface area contributed by atoms with Crippen molar-refractivity contribution in [2.75, 3.05) is 7.11 Å². The minimum Gasteiger partial charge on any atom is -0.497 e. The van der Waals surface area contributed by atoms with Crippen molar-refractivity contribution in [2.24, 2.45) is 5.41 Å². The number of hydrogen-bond acceptors (Lipinski definition) is 4. The number of nitrogens with zero attached hydrogens (tertiary/aromatic N) is 2. The smallest absolute Gasteiger partial charge is 0.222 e. The van der Waals surface area contributed by atoms with Crippen molar-refractivity contribution in [3.8, 4) is 17.1 Å². The van der Waals surface area contributed by atoms with E-state index in [1.54, 1.807) is 7.11 Å². The fraction of sp³-hybridized carbons (Fsp3) is 0.550. The van der Waals surface area contributed by atoms with Crippen LogP contribution in [0, 0.1) is 10.2 Å².